The van der Waals surface area contributed by atoms with E-state index in [1.807, 2.05) is 65.6 Å². The lowest BCUT2D eigenvalue weighted by molar-refractivity contribution is -0.136. The first-order chi connectivity index (χ1) is 15.0. The normalized spacial score (nSPS) is 19.7. The van der Waals surface area contributed by atoms with E-state index in [4.69, 9.17) is 0 Å². The van der Waals surface area contributed by atoms with E-state index < -0.39 is 10.0 Å². The number of piperazine rings is 1. The van der Waals surface area contributed by atoms with Crippen molar-refractivity contribution in [2.45, 2.75) is 18.9 Å². The summed E-state index contributed by atoms with van der Waals surface area (Å²) in [5.41, 5.74) is 1.82. The van der Waals surface area contributed by atoms with Crippen molar-refractivity contribution in [3.63, 3.8) is 0 Å². The first-order valence-electron chi connectivity index (χ1n) is 10.9. The largest absolute Gasteiger partial charge is 0.341 e. The Kier molecular flexibility index (Phi) is 6.85. The molecule has 0 saturated carbocycles. The molecule has 0 radical (unpaired) electrons. The predicted octanol–water partition coefficient (Wildman–Crippen LogP) is 2.97. The number of benzene rings is 2. The van der Waals surface area contributed by atoms with Crippen LogP contribution in [0.3, 0.4) is 0 Å². The molecular weight excluding hydrogens is 410 g/mol. The van der Waals surface area contributed by atoms with E-state index in [2.05, 4.69) is 4.90 Å². The van der Waals surface area contributed by atoms with E-state index in [0.717, 1.165) is 37.1 Å². The molecule has 2 aromatic carbocycles. The van der Waals surface area contributed by atoms with Crippen molar-refractivity contribution in [1.82, 2.24) is 14.1 Å². The second-order valence-corrected chi connectivity index (χ2v) is 9.86. The average Bonchev–Trinajstić information content (AvgIpc) is 3.35. The van der Waals surface area contributed by atoms with Crippen LogP contribution in [0.15, 0.2) is 66.1 Å². The third kappa shape index (κ3) is 5.23. The highest BCUT2D eigenvalue weighted by Crippen LogP contribution is 2.27. The van der Waals surface area contributed by atoms with Crippen LogP contribution in [0.5, 0.6) is 0 Å². The lowest BCUT2D eigenvalue weighted by Crippen LogP contribution is -2.52. The van der Waals surface area contributed by atoms with Crippen LogP contribution in [-0.2, 0) is 14.8 Å². The number of carbonyl (C=O) groups excluding carboxylic acids is 1. The molecule has 7 heteroatoms. The molecular formula is C24H29N3O3S. The zero-order valence-corrected chi connectivity index (χ0v) is 18.5. The maximum Gasteiger partial charge on any atom is 0.244 e. The average molecular weight is 440 g/mol. The highest BCUT2D eigenvalue weighted by atomic mass is 32.2. The van der Waals surface area contributed by atoms with Gasteiger partial charge in [-0.1, -0.05) is 60.7 Å². The molecule has 0 N–H and O–H groups in total. The van der Waals surface area contributed by atoms with Crippen molar-refractivity contribution in [1.29, 1.82) is 0 Å². The van der Waals surface area contributed by atoms with Gasteiger partial charge >= 0.3 is 0 Å². The number of rotatable bonds is 6. The molecule has 2 heterocycles. The number of hydrogen-bond donors (Lipinski definition) is 0. The number of likely N-dealkylation sites (tertiary alicyclic amines) is 1. The highest BCUT2D eigenvalue weighted by Gasteiger charge is 2.35. The second kappa shape index (κ2) is 9.77. The van der Waals surface area contributed by atoms with E-state index in [-0.39, 0.29) is 11.9 Å². The molecule has 164 valence electrons. The Hall–Kier alpha value is -2.48. The number of sulfonamides is 1. The summed E-state index contributed by atoms with van der Waals surface area (Å²) in [6, 6.07) is 18.9. The van der Waals surface area contributed by atoms with E-state index in [1.165, 1.54) is 9.71 Å². The van der Waals surface area contributed by atoms with Gasteiger partial charge in [-0.3, -0.25) is 9.69 Å². The summed E-state index contributed by atoms with van der Waals surface area (Å²) in [7, 11) is -3.50. The monoisotopic (exact) mass is 439 g/mol. The van der Waals surface area contributed by atoms with Crippen LogP contribution in [0.4, 0.5) is 0 Å². The molecule has 0 spiro atoms. The molecule has 0 unspecified atom stereocenters. The van der Waals surface area contributed by atoms with Gasteiger partial charge in [0.25, 0.3) is 0 Å². The lowest BCUT2D eigenvalue weighted by Gasteiger charge is -2.39. The molecule has 0 aliphatic carbocycles. The zero-order chi connectivity index (χ0) is 21.7. The van der Waals surface area contributed by atoms with Crippen molar-refractivity contribution in [2.75, 3.05) is 39.3 Å². The minimum absolute atomic E-state index is 0.129. The molecule has 31 heavy (non-hydrogen) atoms. The van der Waals surface area contributed by atoms with Gasteiger partial charge in [0.2, 0.25) is 15.9 Å². The third-order valence-corrected chi connectivity index (χ3v) is 7.56. The molecule has 4 rings (SSSR count). The predicted molar refractivity (Wildman–Crippen MR) is 123 cm³/mol. The van der Waals surface area contributed by atoms with Crippen molar-refractivity contribution >= 4 is 22.0 Å². The third-order valence-electron chi connectivity index (χ3n) is 6.00. The first-order valence-corrected chi connectivity index (χ1v) is 12.4. The number of carbonyl (C=O) groups is 1. The van der Waals surface area contributed by atoms with Gasteiger partial charge in [0.05, 0.1) is 0 Å². The maximum absolute atomic E-state index is 13.3. The maximum atomic E-state index is 13.3. The Balaban J connectivity index is 1.46. The standard InChI is InChI=1S/C24H29N3O3S/c28-24(26-14-7-8-15-26)23(22-11-5-2-6-12-22)25-16-18-27(19-17-25)31(29,30)20-13-21-9-3-1-4-10-21/h1-6,9-13,20,23H,7-8,14-19H2/b20-13+/t23-/m1/s1. The van der Waals surface area contributed by atoms with Gasteiger partial charge < -0.3 is 4.90 Å². The summed E-state index contributed by atoms with van der Waals surface area (Å²) in [6.07, 6.45) is 3.73. The van der Waals surface area contributed by atoms with Gasteiger partial charge in [-0.25, -0.2) is 8.42 Å². The molecule has 0 aromatic heterocycles. The van der Waals surface area contributed by atoms with Crippen LogP contribution in [0, 0.1) is 0 Å². The smallest absolute Gasteiger partial charge is 0.244 e. The first kappa shape index (κ1) is 21.7. The lowest BCUT2D eigenvalue weighted by atomic mass is 10.0. The molecule has 1 atom stereocenters. The van der Waals surface area contributed by atoms with Crippen molar-refractivity contribution in [2.24, 2.45) is 0 Å². The molecule has 2 saturated heterocycles. The van der Waals surface area contributed by atoms with Crippen LogP contribution < -0.4 is 0 Å². The molecule has 0 bridgehead atoms. The van der Waals surface area contributed by atoms with E-state index in [1.54, 1.807) is 6.08 Å². The van der Waals surface area contributed by atoms with Crippen LogP contribution in [0.1, 0.15) is 30.0 Å². The van der Waals surface area contributed by atoms with E-state index in [9.17, 15) is 13.2 Å². The molecule has 2 aromatic rings. The Morgan fingerprint density at radius 2 is 1.39 bits per heavy atom. The molecule has 6 nitrogen and oxygen atoms in total. The van der Waals surface area contributed by atoms with Crippen molar-refractivity contribution in [3.8, 4) is 0 Å². The van der Waals surface area contributed by atoms with Crippen LogP contribution in [-0.4, -0.2) is 67.7 Å². The minimum Gasteiger partial charge on any atom is -0.341 e. The van der Waals surface area contributed by atoms with Gasteiger partial charge in [-0.15, -0.1) is 0 Å². The van der Waals surface area contributed by atoms with E-state index >= 15 is 0 Å². The quantitative estimate of drug-likeness (QED) is 0.694. The summed E-state index contributed by atoms with van der Waals surface area (Å²) in [5.74, 6) is 0.129. The summed E-state index contributed by atoms with van der Waals surface area (Å²) in [5, 5.41) is 1.28. The van der Waals surface area contributed by atoms with Gasteiger partial charge in [0.15, 0.2) is 0 Å². The summed E-state index contributed by atoms with van der Waals surface area (Å²) < 4.78 is 27.1. The Morgan fingerprint density at radius 3 is 2.00 bits per heavy atom. The van der Waals surface area contributed by atoms with Crippen molar-refractivity contribution < 1.29 is 13.2 Å². The van der Waals surface area contributed by atoms with Crippen LogP contribution in [0.2, 0.25) is 0 Å². The number of hydrogen-bond acceptors (Lipinski definition) is 4. The second-order valence-electron chi connectivity index (χ2n) is 8.04. The van der Waals surface area contributed by atoms with Gasteiger partial charge in [0, 0.05) is 44.7 Å². The Morgan fingerprint density at radius 1 is 0.806 bits per heavy atom. The van der Waals surface area contributed by atoms with Gasteiger partial charge in [-0.2, -0.15) is 4.31 Å². The van der Waals surface area contributed by atoms with Gasteiger partial charge in [-0.05, 0) is 30.0 Å². The number of nitrogens with zero attached hydrogens (tertiary/aromatic N) is 3. The molecule has 2 aliphatic rings. The molecule has 2 fully saturated rings. The zero-order valence-electron chi connectivity index (χ0n) is 17.6. The van der Waals surface area contributed by atoms with E-state index in [0.29, 0.717) is 26.2 Å². The summed E-state index contributed by atoms with van der Waals surface area (Å²) in [4.78, 5) is 17.4. The fourth-order valence-electron chi connectivity index (χ4n) is 4.29. The Labute approximate surface area is 184 Å². The molecule has 1 amide bonds. The summed E-state index contributed by atoms with van der Waals surface area (Å²) in [6.45, 7) is 3.41. The number of amides is 1. The minimum atomic E-state index is -3.50. The van der Waals surface area contributed by atoms with Gasteiger partial charge in [0.1, 0.15) is 6.04 Å². The van der Waals surface area contributed by atoms with Crippen LogP contribution >= 0.6 is 0 Å². The summed E-state index contributed by atoms with van der Waals surface area (Å²) >= 11 is 0. The molecule has 2 aliphatic heterocycles. The Bertz CT molecular complexity index is 995. The van der Waals surface area contributed by atoms with Crippen LogP contribution in [0.25, 0.3) is 6.08 Å². The van der Waals surface area contributed by atoms with Crippen molar-refractivity contribution in [3.05, 3.63) is 77.2 Å². The fraction of sp³-hybridized carbons (Fsp3) is 0.375. The fourth-order valence-corrected chi connectivity index (χ4v) is 5.46. The SMILES string of the molecule is O=C([C@@H](c1ccccc1)N1CCN(S(=O)(=O)/C=C/c2ccccc2)CC1)N1CCCC1. The topological polar surface area (TPSA) is 60.9 Å². The highest BCUT2D eigenvalue weighted by molar-refractivity contribution is 7.92.